The second-order valence-corrected chi connectivity index (χ2v) is 7.07. The number of carbonyl (C=O) groups excluding carboxylic acids is 1. The number of nitrogens with one attached hydrogen (secondary N) is 1. The van der Waals surface area contributed by atoms with Gasteiger partial charge >= 0.3 is 0 Å². The van der Waals surface area contributed by atoms with Crippen LogP contribution in [0.1, 0.15) is 35.3 Å². The Labute approximate surface area is 165 Å². The molecular weight excluding hydrogens is 350 g/mol. The van der Waals surface area contributed by atoms with Gasteiger partial charge in [0.25, 0.3) is 5.91 Å². The largest absolute Gasteiger partial charge is 0.457 e. The van der Waals surface area contributed by atoms with Gasteiger partial charge in [-0.2, -0.15) is 0 Å². The van der Waals surface area contributed by atoms with Crippen molar-refractivity contribution in [2.45, 2.75) is 26.8 Å². The quantitative estimate of drug-likeness (QED) is 0.633. The molecule has 3 aromatic rings. The van der Waals surface area contributed by atoms with E-state index in [4.69, 9.17) is 10.5 Å². The van der Waals surface area contributed by atoms with E-state index in [1.54, 1.807) is 18.3 Å². The van der Waals surface area contributed by atoms with Crippen molar-refractivity contribution < 1.29 is 9.53 Å². The van der Waals surface area contributed by atoms with Crippen LogP contribution in [0.25, 0.3) is 0 Å². The molecule has 5 heteroatoms. The Hall–Kier alpha value is -3.34. The number of nitrogens with zero attached hydrogens (tertiary/aromatic N) is 1. The van der Waals surface area contributed by atoms with Gasteiger partial charge in [0.15, 0.2) is 0 Å². The van der Waals surface area contributed by atoms with Crippen LogP contribution in [0.5, 0.6) is 11.5 Å². The van der Waals surface area contributed by atoms with Crippen LogP contribution < -0.4 is 15.8 Å². The number of hydrogen-bond donors (Lipinski definition) is 2. The van der Waals surface area contributed by atoms with Gasteiger partial charge in [-0.15, -0.1) is 0 Å². The number of pyridine rings is 1. The molecule has 1 amide bonds. The summed E-state index contributed by atoms with van der Waals surface area (Å²) in [7, 11) is 0. The molecule has 0 radical (unpaired) electrons. The molecule has 3 N–H and O–H groups in total. The molecule has 0 saturated heterocycles. The minimum absolute atomic E-state index is 0.226. The van der Waals surface area contributed by atoms with Crippen molar-refractivity contribution in [2.75, 3.05) is 5.73 Å². The maximum Gasteiger partial charge on any atom is 0.255 e. The second-order valence-electron chi connectivity index (χ2n) is 7.07. The maximum atomic E-state index is 12.2. The Bertz CT molecular complexity index is 937. The summed E-state index contributed by atoms with van der Waals surface area (Å²) in [4.78, 5) is 16.1. The Morgan fingerprint density at radius 2 is 1.82 bits per heavy atom. The van der Waals surface area contributed by atoms with E-state index in [1.165, 1.54) is 5.56 Å². The fourth-order valence-electron chi connectivity index (χ4n) is 2.90. The summed E-state index contributed by atoms with van der Waals surface area (Å²) < 4.78 is 6.06. The third-order valence-electron chi connectivity index (χ3n) is 4.29. The van der Waals surface area contributed by atoms with Gasteiger partial charge in [-0.3, -0.25) is 4.79 Å². The molecule has 2 aromatic carbocycles. The van der Waals surface area contributed by atoms with Crippen LogP contribution in [-0.2, 0) is 13.0 Å². The molecule has 3 rings (SSSR count). The highest BCUT2D eigenvalue weighted by molar-refractivity contribution is 5.98. The summed E-state index contributed by atoms with van der Waals surface area (Å²) >= 11 is 0. The first kappa shape index (κ1) is 19.4. The first-order valence-electron chi connectivity index (χ1n) is 9.36. The zero-order valence-corrected chi connectivity index (χ0v) is 16.2. The Kier molecular flexibility index (Phi) is 6.27. The number of ether oxygens (including phenoxy) is 1. The van der Waals surface area contributed by atoms with Crippen LogP contribution in [0.4, 0.5) is 5.82 Å². The summed E-state index contributed by atoms with van der Waals surface area (Å²) in [6, 6.07) is 19.1. The SMILES string of the molecule is CC(C)Cc1ccccc1Oc1ccc(CNC(=O)c2cccnc2N)cc1. The normalized spacial score (nSPS) is 10.7. The van der Waals surface area contributed by atoms with Gasteiger partial charge in [-0.05, 0) is 53.8 Å². The highest BCUT2D eigenvalue weighted by atomic mass is 16.5. The predicted molar refractivity (Wildman–Crippen MR) is 111 cm³/mol. The van der Waals surface area contributed by atoms with E-state index in [9.17, 15) is 4.79 Å². The lowest BCUT2D eigenvalue weighted by atomic mass is 10.0. The van der Waals surface area contributed by atoms with Gasteiger partial charge in [-0.1, -0.05) is 44.2 Å². The molecule has 5 nitrogen and oxygen atoms in total. The minimum atomic E-state index is -0.242. The second kappa shape index (κ2) is 9.04. The van der Waals surface area contributed by atoms with Crippen molar-refractivity contribution in [3.05, 3.63) is 83.6 Å². The maximum absolute atomic E-state index is 12.2. The molecule has 0 bridgehead atoms. The molecule has 0 atom stereocenters. The van der Waals surface area contributed by atoms with E-state index < -0.39 is 0 Å². The zero-order chi connectivity index (χ0) is 19.9. The topological polar surface area (TPSA) is 77.2 Å². The third kappa shape index (κ3) is 5.10. The monoisotopic (exact) mass is 375 g/mol. The predicted octanol–water partition coefficient (Wildman–Crippen LogP) is 4.58. The molecule has 0 saturated carbocycles. The number of para-hydroxylation sites is 1. The number of carbonyl (C=O) groups is 1. The van der Waals surface area contributed by atoms with Gasteiger partial charge in [-0.25, -0.2) is 4.98 Å². The van der Waals surface area contributed by atoms with Crippen LogP contribution in [0.2, 0.25) is 0 Å². The van der Waals surface area contributed by atoms with Crippen molar-refractivity contribution in [3.63, 3.8) is 0 Å². The van der Waals surface area contributed by atoms with E-state index in [2.05, 4.69) is 30.2 Å². The fraction of sp³-hybridized carbons (Fsp3) is 0.217. The summed E-state index contributed by atoms with van der Waals surface area (Å²) in [5.41, 5.74) is 8.28. The van der Waals surface area contributed by atoms with E-state index in [0.717, 1.165) is 23.5 Å². The Morgan fingerprint density at radius 1 is 1.07 bits per heavy atom. The number of amides is 1. The zero-order valence-electron chi connectivity index (χ0n) is 16.2. The van der Waals surface area contributed by atoms with E-state index in [1.807, 2.05) is 42.5 Å². The van der Waals surface area contributed by atoms with Crippen LogP contribution in [0, 0.1) is 5.92 Å². The van der Waals surface area contributed by atoms with Crippen LogP contribution in [-0.4, -0.2) is 10.9 Å². The van der Waals surface area contributed by atoms with Crippen molar-refractivity contribution >= 4 is 11.7 Å². The first-order valence-corrected chi connectivity index (χ1v) is 9.36. The lowest BCUT2D eigenvalue weighted by Crippen LogP contribution is -2.24. The molecule has 0 aliphatic heterocycles. The Morgan fingerprint density at radius 3 is 2.54 bits per heavy atom. The molecule has 0 fully saturated rings. The van der Waals surface area contributed by atoms with Crippen LogP contribution in [0.3, 0.4) is 0 Å². The molecule has 1 heterocycles. The summed E-state index contributed by atoms with van der Waals surface area (Å²) in [5.74, 6) is 2.19. The number of hydrogen-bond acceptors (Lipinski definition) is 4. The van der Waals surface area contributed by atoms with Gasteiger partial charge in [0.1, 0.15) is 17.3 Å². The molecule has 0 unspecified atom stereocenters. The summed E-state index contributed by atoms with van der Waals surface area (Å²) in [5, 5.41) is 2.86. The number of rotatable bonds is 7. The molecule has 1 aromatic heterocycles. The van der Waals surface area contributed by atoms with Crippen molar-refractivity contribution in [2.24, 2.45) is 5.92 Å². The van der Waals surface area contributed by atoms with Gasteiger partial charge < -0.3 is 15.8 Å². The standard InChI is InChI=1S/C23H25N3O2/c1-16(2)14-18-6-3-4-8-21(18)28-19-11-9-17(10-12-19)15-26-23(27)20-7-5-13-25-22(20)24/h3-13,16H,14-15H2,1-2H3,(H2,24,25)(H,26,27). The molecular formula is C23H25N3O2. The lowest BCUT2D eigenvalue weighted by molar-refractivity contribution is 0.0951. The number of anilines is 1. The number of benzene rings is 2. The van der Waals surface area contributed by atoms with E-state index in [-0.39, 0.29) is 11.7 Å². The average molecular weight is 375 g/mol. The van der Waals surface area contributed by atoms with Crippen molar-refractivity contribution in [1.29, 1.82) is 0 Å². The highest BCUT2D eigenvalue weighted by Crippen LogP contribution is 2.27. The smallest absolute Gasteiger partial charge is 0.255 e. The van der Waals surface area contributed by atoms with Gasteiger partial charge in [0, 0.05) is 12.7 Å². The van der Waals surface area contributed by atoms with Crippen molar-refractivity contribution in [1.82, 2.24) is 10.3 Å². The summed E-state index contributed by atoms with van der Waals surface area (Å²) in [6.45, 7) is 4.79. The number of aromatic nitrogens is 1. The lowest BCUT2D eigenvalue weighted by Gasteiger charge is -2.13. The first-order chi connectivity index (χ1) is 13.5. The highest BCUT2D eigenvalue weighted by Gasteiger charge is 2.10. The summed E-state index contributed by atoms with van der Waals surface area (Å²) in [6.07, 6.45) is 2.53. The molecule has 0 spiro atoms. The fourth-order valence-corrected chi connectivity index (χ4v) is 2.90. The van der Waals surface area contributed by atoms with Gasteiger partial charge in [0.2, 0.25) is 0 Å². The molecule has 0 aliphatic rings. The van der Waals surface area contributed by atoms with E-state index in [0.29, 0.717) is 18.0 Å². The molecule has 0 aliphatic carbocycles. The molecule has 28 heavy (non-hydrogen) atoms. The number of nitrogen functional groups attached to an aromatic ring is 1. The van der Waals surface area contributed by atoms with E-state index >= 15 is 0 Å². The van der Waals surface area contributed by atoms with Crippen molar-refractivity contribution in [3.8, 4) is 11.5 Å². The van der Waals surface area contributed by atoms with Gasteiger partial charge in [0.05, 0.1) is 5.56 Å². The van der Waals surface area contributed by atoms with Crippen LogP contribution >= 0.6 is 0 Å². The Balaban J connectivity index is 1.61. The number of nitrogens with two attached hydrogens (primary N) is 1. The molecule has 144 valence electrons. The van der Waals surface area contributed by atoms with Crippen LogP contribution in [0.15, 0.2) is 66.9 Å². The minimum Gasteiger partial charge on any atom is -0.457 e. The average Bonchev–Trinajstić information content (AvgIpc) is 2.69. The third-order valence-corrected chi connectivity index (χ3v) is 4.29.